The van der Waals surface area contributed by atoms with Crippen molar-refractivity contribution in [1.82, 2.24) is 0 Å². The highest BCUT2D eigenvalue weighted by Crippen LogP contribution is 2.14. The van der Waals surface area contributed by atoms with Gasteiger partial charge in [0.25, 0.3) is 0 Å². The number of allylic oxidation sites excluding steroid dienone is 29. The van der Waals surface area contributed by atoms with Gasteiger partial charge in [0.2, 0.25) is 0 Å². The second kappa shape index (κ2) is 69.0. The van der Waals surface area contributed by atoms with E-state index >= 15 is 0 Å². The lowest BCUT2D eigenvalue weighted by atomic mass is 10.0. The molecule has 6 nitrogen and oxygen atoms in total. The zero-order valence-electron chi connectivity index (χ0n) is 53.1. The fourth-order valence-electron chi connectivity index (χ4n) is 8.50. The SMILES string of the molecule is CC/C=C\C/C=C\C/C=C\C/C=C\C/C=C\C/C=C\C/C=C\CCCCCC(=O)OCC(COC(=O)C/C=C\C/C=C\C/C=C\C/C=C\C/C=C\CC)OC(=O)CCCCCCCCCCCC/C=C\C/C=C\C/C=C\CCCCCCC. The second-order valence-electron chi connectivity index (χ2n) is 21.3. The first-order valence-electron chi connectivity index (χ1n) is 33.3. The van der Waals surface area contributed by atoms with Gasteiger partial charge in [0.15, 0.2) is 6.10 Å². The Morgan fingerprint density at radius 2 is 0.518 bits per heavy atom. The molecule has 0 bridgehead atoms. The molecular formula is C77H120O6. The quantitative estimate of drug-likeness (QED) is 0.0261. The average Bonchev–Trinajstić information content (AvgIpc) is 3.49. The summed E-state index contributed by atoms with van der Waals surface area (Å²) >= 11 is 0. The Bertz CT molecular complexity index is 1940. The summed E-state index contributed by atoms with van der Waals surface area (Å²) in [5.41, 5.74) is 0. The number of rotatable bonds is 58. The highest BCUT2D eigenvalue weighted by molar-refractivity contribution is 5.72. The van der Waals surface area contributed by atoms with E-state index in [9.17, 15) is 14.4 Å². The molecule has 0 amide bonds. The third kappa shape index (κ3) is 67.2. The lowest BCUT2D eigenvalue weighted by molar-refractivity contribution is -0.166. The van der Waals surface area contributed by atoms with Crippen molar-refractivity contribution in [3.63, 3.8) is 0 Å². The van der Waals surface area contributed by atoms with Crippen molar-refractivity contribution in [2.24, 2.45) is 0 Å². The summed E-state index contributed by atoms with van der Waals surface area (Å²) in [4.78, 5) is 38.3. The number of carbonyl (C=O) groups excluding carboxylic acids is 3. The Kier molecular flexibility index (Phi) is 64.4. The van der Waals surface area contributed by atoms with Crippen molar-refractivity contribution >= 4 is 17.9 Å². The molecule has 0 fully saturated rings. The van der Waals surface area contributed by atoms with E-state index in [2.05, 4.69) is 191 Å². The van der Waals surface area contributed by atoms with E-state index < -0.39 is 12.1 Å². The molecule has 1 unspecified atom stereocenters. The largest absolute Gasteiger partial charge is 0.462 e. The molecule has 83 heavy (non-hydrogen) atoms. The minimum atomic E-state index is -0.847. The predicted molar refractivity (Wildman–Crippen MR) is 361 cm³/mol. The third-order valence-electron chi connectivity index (χ3n) is 13.4. The zero-order valence-corrected chi connectivity index (χ0v) is 53.1. The van der Waals surface area contributed by atoms with Crippen LogP contribution in [-0.4, -0.2) is 37.2 Å². The van der Waals surface area contributed by atoms with Gasteiger partial charge < -0.3 is 14.2 Å². The van der Waals surface area contributed by atoms with Gasteiger partial charge >= 0.3 is 17.9 Å². The second-order valence-corrected chi connectivity index (χ2v) is 21.3. The minimum Gasteiger partial charge on any atom is -0.462 e. The van der Waals surface area contributed by atoms with Crippen molar-refractivity contribution in [1.29, 1.82) is 0 Å². The van der Waals surface area contributed by atoms with Gasteiger partial charge in [0, 0.05) is 12.8 Å². The van der Waals surface area contributed by atoms with Crippen molar-refractivity contribution < 1.29 is 28.6 Å². The molecular weight excluding hydrogens is 1020 g/mol. The van der Waals surface area contributed by atoms with E-state index in [0.29, 0.717) is 6.42 Å². The van der Waals surface area contributed by atoms with Crippen LogP contribution in [0.2, 0.25) is 0 Å². The fraction of sp³-hybridized carbons (Fsp3) is 0.571. The molecule has 0 aromatic rings. The Labute approximate surface area is 510 Å². The van der Waals surface area contributed by atoms with Gasteiger partial charge in [-0.1, -0.05) is 287 Å². The van der Waals surface area contributed by atoms with Gasteiger partial charge in [-0.15, -0.1) is 0 Å². The lowest BCUT2D eigenvalue weighted by Gasteiger charge is -2.18. The molecule has 0 saturated heterocycles. The highest BCUT2D eigenvalue weighted by atomic mass is 16.6. The first kappa shape index (κ1) is 77.5. The molecule has 0 radical (unpaired) electrons. The maximum absolute atomic E-state index is 12.9. The number of hydrogen-bond acceptors (Lipinski definition) is 6. The molecule has 6 heteroatoms. The van der Waals surface area contributed by atoms with Crippen LogP contribution < -0.4 is 0 Å². The summed E-state index contributed by atoms with van der Waals surface area (Å²) in [6, 6.07) is 0. The van der Waals surface area contributed by atoms with Crippen molar-refractivity contribution in [2.45, 2.75) is 271 Å². The number of ether oxygens (including phenoxy) is 3. The van der Waals surface area contributed by atoms with Crippen LogP contribution in [0.1, 0.15) is 265 Å². The Morgan fingerprint density at radius 1 is 0.265 bits per heavy atom. The first-order valence-corrected chi connectivity index (χ1v) is 33.3. The van der Waals surface area contributed by atoms with Crippen LogP contribution in [0.3, 0.4) is 0 Å². The molecule has 0 aromatic carbocycles. The van der Waals surface area contributed by atoms with Crippen LogP contribution in [-0.2, 0) is 28.6 Å². The molecule has 0 aromatic heterocycles. The smallest absolute Gasteiger partial charge is 0.309 e. The van der Waals surface area contributed by atoms with E-state index in [1.54, 1.807) is 6.08 Å². The number of carbonyl (C=O) groups is 3. The van der Waals surface area contributed by atoms with E-state index in [4.69, 9.17) is 14.2 Å². The van der Waals surface area contributed by atoms with Crippen LogP contribution in [0.25, 0.3) is 0 Å². The molecule has 0 aliphatic carbocycles. The van der Waals surface area contributed by atoms with Gasteiger partial charge in [-0.2, -0.15) is 0 Å². The van der Waals surface area contributed by atoms with Crippen molar-refractivity contribution in [3.05, 3.63) is 182 Å². The monoisotopic (exact) mass is 1140 g/mol. The van der Waals surface area contributed by atoms with Gasteiger partial charge in [-0.3, -0.25) is 14.4 Å². The van der Waals surface area contributed by atoms with Gasteiger partial charge in [0.05, 0.1) is 6.42 Å². The predicted octanol–water partition coefficient (Wildman–Crippen LogP) is 23.2. The van der Waals surface area contributed by atoms with Gasteiger partial charge in [0.1, 0.15) is 13.2 Å². The van der Waals surface area contributed by atoms with Crippen LogP contribution in [0.5, 0.6) is 0 Å². The Hall–Kier alpha value is -5.49. The van der Waals surface area contributed by atoms with Crippen LogP contribution in [0, 0.1) is 0 Å². The summed E-state index contributed by atoms with van der Waals surface area (Å²) in [5.74, 6) is -1.11. The number of esters is 3. The number of unbranched alkanes of at least 4 members (excludes halogenated alkanes) is 18. The summed E-state index contributed by atoms with van der Waals surface area (Å²) in [6.07, 6.45) is 104. The lowest BCUT2D eigenvalue weighted by Crippen LogP contribution is -2.30. The standard InChI is InChI=1S/C77H120O6/c1-4-7-10-13-16-19-22-25-28-30-32-34-36-38-40-42-44-46-49-52-55-58-61-64-67-70-76(79)82-73-74(72-81-75(78)69-66-63-60-57-54-51-48-27-24-21-18-15-12-9-6-3)83-77(80)71-68-65-62-59-56-53-50-47-45-43-41-39-37-35-33-31-29-26-23-20-17-14-11-8-5-2/h7,9-10,12,16,18-19,21,23,25-28,31-34,37-40,44,46,48,52,54-55,57,63,66,74H,4-6,8,11,13-15,17,20,22,24,29-30,35-36,41-43,45,47,49-51,53,56,58-62,64-65,67-73H2,1-3H3/b10-7-,12-9-,19-16-,21-18-,26-23-,28-25-,33-31-,34-32-,39-37-,40-38-,46-44-,48-27-,55-52-,57-54-,66-63-. The summed E-state index contributed by atoms with van der Waals surface area (Å²) in [5, 5.41) is 0. The van der Waals surface area contributed by atoms with E-state index in [0.717, 1.165) is 135 Å². The maximum Gasteiger partial charge on any atom is 0.309 e. The summed E-state index contributed by atoms with van der Waals surface area (Å²) in [6.45, 7) is 6.28. The molecule has 0 aliphatic rings. The van der Waals surface area contributed by atoms with Gasteiger partial charge in [-0.05, 0) is 141 Å². The van der Waals surface area contributed by atoms with E-state index in [1.165, 1.54) is 89.9 Å². The highest BCUT2D eigenvalue weighted by Gasteiger charge is 2.19. The Balaban J connectivity index is 4.53. The molecule has 0 rings (SSSR count). The Morgan fingerprint density at radius 3 is 0.855 bits per heavy atom. The topological polar surface area (TPSA) is 78.9 Å². The molecule has 0 aliphatic heterocycles. The van der Waals surface area contributed by atoms with E-state index in [1.807, 2.05) is 6.08 Å². The summed E-state index contributed by atoms with van der Waals surface area (Å²) in [7, 11) is 0. The number of hydrogen-bond donors (Lipinski definition) is 0. The third-order valence-corrected chi connectivity index (χ3v) is 13.4. The molecule has 0 heterocycles. The van der Waals surface area contributed by atoms with Crippen LogP contribution in [0.4, 0.5) is 0 Å². The first-order chi connectivity index (χ1) is 41.0. The molecule has 464 valence electrons. The average molecular weight is 1140 g/mol. The van der Waals surface area contributed by atoms with E-state index in [-0.39, 0.29) is 38.0 Å². The molecule has 0 N–H and O–H groups in total. The molecule has 0 saturated carbocycles. The maximum atomic E-state index is 12.9. The van der Waals surface area contributed by atoms with Crippen LogP contribution in [0.15, 0.2) is 182 Å². The molecule has 1 atom stereocenters. The normalized spacial score (nSPS) is 13.3. The fourth-order valence-corrected chi connectivity index (χ4v) is 8.50. The minimum absolute atomic E-state index is 0.111. The summed E-state index contributed by atoms with van der Waals surface area (Å²) < 4.78 is 16.8. The zero-order chi connectivity index (χ0) is 59.9. The van der Waals surface area contributed by atoms with Crippen molar-refractivity contribution in [3.8, 4) is 0 Å². The van der Waals surface area contributed by atoms with Crippen LogP contribution >= 0.6 is 0 Å². The van der Waals surface area contributed by atoms with Crippen molar-refractivity contribution in [2.75, 3.05) is 13.2 Å². The van der Waals surface area contributed by atoms with Gasteiger partial charge in [-0.25, -0.2) is 0 Å². The molecule has 0 spiro atoms.